The SMILES string of the molecule is CC.CSc1ccc(C)c(C2=CCCC(C)=N2)c1. The van der Waals surface area contributed by atoms with Crippen molar-refractivity contribution in [1.82, 2.24) is 0 Å². The quantitative estimate of drug-likeness (QED) is 0.655. The second-order valence-corrected chi connectivity index (χ2v) is 5.04. The van der Waals surface area contributed by atoms with E-state index in [1.54, 1.807) is 11.8 Å². The van der Waals surface area contributed by atoms with Gasteiger partial charge in [0.05, 0.1) is 5.70 Å². The Kier molecular flexibility index (Phi) is 6.20. The number of hydrogen-bond acceptors (Lipinski definition) is 2. The minimum atomic E-state index is 1.10. The number of benzene rings is 1. The summed E-state index contributed by atoms with van der Waals surface area (Å²) in [5, 5.41) is 0. The smallest absolute Gasteiger partial charge is 0.0664 e. The Morgan fingerprint density at radius 3 is 2.50 bits per heavy atom. The van der Waals surface area contributed by atoms with Gasteiger partial charge in [-0.1, -0.05) is 26.0 Å². The van der Waals surface area contributed by atoms with E-state index in [1.807, 2.05) is 13.8 Å². The molecule has 0 aromatic heterocycles. The Bertz CT molecular complexity index is 458. The molecule has 0 fully saturated rings. The van der Waals surface area contributed by atoms with Gasteiger partial charge >= 0.3 is 0 Å². The molecular formula is C16H23NS. The third-order valence-electron chi connectivity index (χ3n) is 2.88. The molecule has 18 heavy (non-hydrogen) atoms. The number of allylic oxidation sites excluding steroid dienone is 1. The van der Waals surface area contributed by atoms with E-state index >= 15 is 0 Å². The molecule has 0 saturated heterocycles. The fourth-order valence-corrected chi connectivity index (χ4v) is 2.34. The van der Waals surface area contributed by atoms with Crippen LogP contribution in [-0.2, 0) is 0 Å². The number of rotatable bonds is 2. The third-order valence-corrected chi connectivity index (χ3v) is 3.60. The zero-order valence-corrected chi connectivity index (χ0v) is 12.9. The zero-order valence-electron chi connectivity index (χ0n) is 12.1. The van der Waals surface area contributed by atoms with Gasteiger partial charge in [0.1, 0.15) is 0 Å². The molecule has 0 unspecified atom stereocenters. The summed E-state index contributed by atoms with van der Waals surface area (Å²) in [6.45, 7) is 8.26. The molecule has 0 N–H and O–H groups in total. The molecule has 1 aliphatic heterocycles. The van der Waals surface area contributed by atoms with Crippen molar-refractivity contribution >= 4 is 23.2 Å². The first-order valence-corrected chi connectivity index (χ1v) is 7.82. The van der Waals surface area contributed by atoms with E-state index in [2.05, 4.69) is 49.4 Å². The fourth-order valence-electron chi connectivity index (χ4n) is 1.90. The van der Waals surface area contributed by atoms with Gasteiger partial charge in [-0.15, -0.1) is 11.8 Å². The van der Waals surface area contributed by atoms with E-state index in [0.717, 1.165) is 18.5 Å². The van der Waals surface area contributed by atoms with Crippen LogP contribution in [0.4, 0.5) is 0 Å². The lowest BCUT2D eigenvalue weighted by molar-refractivity contribution is 1.06. The van der Waals surface area contributed by atoms with Crippen molar-refractivity contribution in [1.29, 1.82) is 0 Å². The van der Waals surface area contributed by atoms with E-state index in [-0.39, 0.29) is 0 Å². The van der Waals surface area contributed by atoms with Gasteiger partial charge in [0.2, 0.25) is 0 Å². The first-order valence-electron chi connectivity index (χ1n) is 6.60. The summed E-state index contributed by atoms with van der Waals surface area (Å²) in [5.74, 6) is 0. The van der Waals surface area contributed by atoms with Gasteiger partial charge in [-0.3, -0.25) is 4.99 Å². The molecule has 1 aliphatic rings. The average molecular weight is 261 g/mol. The highest BCUT2D eigenvalue weighted by Gasteiger charge is 2.09. The summed E-state index contributed by atoms with van der Waals surface area (Å²) in [4.78, 5) is 5.96. The van der Waals surface area contributed by atoms with Gasteiger partial charge in [-0.25, -0.2) is 0 Å². The molecule has 0 atom stereocenters. The molecule has 1 heterocycles. The van der Waals surface area contributed by atoms with Crippen LogP contribution in [0.2, 0.25) is 0 Å². The lowest BCUT2D eigenvalue weighted by atomic mass is 10.0. The van der Waals surface area contributed by atoms with Crippen LogP contribution in [0.3, 0.4) is 0 Å². The van der Waals surface area contributed by atoms with Crippen LogP contribution in [0, 0.1) is 6.92 Å². The highest BCUT2D eigenvalue weighted by atomic mass is 32.2. The minimum Gasteiger partial charge on any atom is -0.258 e. The summed E-state index contributed by atoms with van der Waals surface area (Å²) in [5.41, 5.74) is 4.98. The van der Waals surface area contributed by atoms with Crippen LogP contribution >= 0.6 is 11.8 Å². The molecule has 0 aliphatic carbocycles. The fraction of sp³-hybridized carbons (Fsp3) is 0.438. The Morgan fingerprint density at radius 1 is 1.17 bits per heavy atom. The van der Waals surface area contributed by atoms with Crippen LogP contribution in [0.5, 0.6) is 0 Å². The number of hydrogen-bond donors (Lipinski definition) is 0. The van der Waals surface area contributed by atoms with Crippen LogP contribution in [0.1, 0.15) is 44.7 Å². The second kappa shape index (κ2) is 7.42. The molecule has 2 rings (SSSR count). The Morgan fingerprint density at radius 2 is 1.89 bits per heavy atom. The normalized spacial score (nSPS) is 14.3. The van der Waals surface area contributed by atoms with Crippen LogP contribution in [0.15, 0.2) is 34.2 Å². The first kappa shape index (κ1) is 15.0. The monoisotopic (exact) mass is 261 g/mol. The second-order valence-electron chi connectivity index (χ2n) is 4.16. The molecule has 0 saturated carbocycles. The summed E-state index contributed by atoms with van der Waals surface area (Å²) >= 11 is 1.78. The molecule has 1 nitrogen and oxygen atoms in total. The number of aryl methyl sites for hydroxylation is 1. The van der Waals surface area contributed by atoms with Gasteiger partial charge in [0.25, 0.3) is 0 Å². The average Bonchev–Trinajstić information content (AvgIpc) is 2.41. The van der Waals surface area contributed by atoms with E-state index in [4.69, 9.17) is 0 Å². The molecule has 2 heteroatoms. The number of nitrogens with zero attached hydrogens (tertiary/aromatic N) is 1. The molecule has 98 valence electrons. The highest BCUT2D eigenvalue weighted by molar-refractivity contribution is 7.98. The predicted octanol–water partition coefficient (Wildman–Crippen LogP) is 5.34. The lowest BCUT2D eigenvalue weighted by Gasteiger charge is -2.13. The maximum absolute atomic E-state index is 4.66. The van der Waals surface area contributed by atoms with Gasteiger partial charge in [-0.2, -0.15) is 0 Å². The topological polar surface area (TPSA) is 12.4 Å². The van der Waals surface area contributed by atoms with Gasteiger partial charge < -0.3 is 0 Å². The predicted molar refractivity (Wildman–Crippen MR) is 84.6 cm³/mol. The largest absolute Gasteiger partial charge is 0.258 e. The lowest BCUT2D eigenvalue weighted by Crippen LogP contribution is -1.99. The van der Waals surface area contributed by atoms with Crippen LogP contribution in [-0.4, -0.2) is 12.0 Å². The molecular weight excluding hydrogens is 238 g/mol. The van der Waals surface area contributed by atoms with Crippen molar-refractivity contribution in [2.24, 2.45) is 4.99 Å². The first-order chi connectivity index (χ1) is 8.70. The maximum Gasteiger partial charge on any atom is 0.0664 e. The van der Waals surface area contributed by atoms with E-state index in [0.29, 0.717) is 0 Å². The standard InChI is InChI=1S/C14H17NS.C2H6/c1-10-7-8-12(16-3)9-13(10)14-6-4-5-11(2)15-14;1-2/h6-9H,4-5H2,1-3H3;1-2H3. The molecule has 0 radical (unpaired) electrons. The van der Waals surface area contributed by atoms with Gasteiger partial charge in [0, 0.05) is 16.2 Å². The van der Waals surface area contributed by atoms with E-state index in [1.165, 1.54) is 21.7 Å². The molecule has 0 spiro atoms. The number of thioether (sulfide) groups is 1. The highest BCUT2D eigenvalue weighted by Crippen LogP contribution is 2.28. The summed E-state index contributed by atoms with van der Waals surface area (Å²) in [7, 11) is 0. The van der Waals surface area contributed by atoms with Crippen molar-refractivity contribution in [3.63, 3.8) is 0 Å². The van der Waals surface area contributed by atoms with E-state index in [9.17, 15) is 0 Å². The Hall–Kier alpha value is -1.02. The third kappa shape index (κ3) is 3.74. The minimum absolute atomic E-state index is 1.10. The van der Waals surface area contributed by atoms with Crippen molar-refractivity contribution in [2.75, 3.05) is 6.26 Å². The van der Waals surface area contributed by atoms with Crippen molar-refractivity contribution in [3.05, 3.63) is 35.4 Å². The number of aliphatic imine (C=N–C) groups is 1. The molecule has 0 amide bonds. The van der Waals surface area contributed by atoms with Gasteiger partial charge in [0.15, 0.2) is 0 Å². The van der Waals surface area contributed by atoms with Crippen molar-refractivity contribution < 1.29 is 0 Å². The van der Waals surface area contributed by atoms with E-state index < -0.39 is 0 Å². The summed E-state index contributed by atoms with van der Waals surface area (Å²) in [6, 6.07) is 6.60. The Balaban J connectivity index is 0.000000771. The molecule has 0 bridgehead atoms. The maximum atomic E-state index is 4.66. The molecule has 1 aromatic rings. The van der Waals surface area contributed by atoms with Crippen molar-refractivity contribution in [3.8, 4) is 0 Å². The molecule has 1 aromatic carbocycles. The summed E-state index contributed by atoms with van der Waals surface area (Å²) in [6.07, 6.45) is 6.58. The van der Waals surface area contributed by atoms with Crippen LogP contribution in [0.25, 0.3) is 5.70 Å². The van der Waals surface area contributed by atoms with Crippen molar-refractivity contribution in [2.45, 2.75) is 45.4 Å². The van der Waals surface area contributed by atoms with Crippen LogP contribution < -0.4 is 0 Å². The summed E-state index contributed by atoms with van der Waals surface area (Å²) < 4.78 is 0. The van der Waals surface area contributed by atoms with Gasteiger partial charge in [-0.05, 0) is 50.6 Å². The zero-order chi connectivity index (χ0) is 13.5. The Labute approximate surface area is 115 Å².